The van der Waals surface area contributed by atoms with Gasteiger partial charge in [0, 0.05) is 11.6 Å². The first-order valence-electron chi connectivity index (χ1n) is 7.28. The van der Waals surface area contributed by atoms with Crippen molar-refractivity contribution in [1.82, 2.24) is 0 Å². The van der Waals surface area contributed by atoms with E-state index in [1.807, 2.05) is 0 Å². The molecule has 1 aromatic carbocycles. The molecular weight excluding hydrogens is 246 g/mol. The predicted octanol–water partition coefficient (Wildman–Crippen LogP) is 5.14. The summed E-state index contributed by atoms with van der Waals surface area (Å²) in [6.07, 6.45) is 7.84. The van der Waals surface area contributed by atoms with Gasteiger partial charge in [-0.1, -0.05) is 57.9 Å². The highest BCUT2D eigenvalue weighted by Gasteiger charge is 2.12. The van der Waals surface area contributed by atoms with Crippen LogP contribution in [0, 0.1) is 11.6 Å². The Balaban J connectivity index is 2.22. The second-order valence-corrected chi connectivity index (χ2v) is 5.09. The second-order valence-electron chi connectivity index (χ2n) is 5.09. The first-order chi connectivity index (χ1) is 9.15. The van der Waals surface area contributed by atoms with E-state index in [-0.39, 0.29) is 5.56 Å². The van der Waals surface area contributed by atoms with Gasteiger partial charge in [0.1, 0.15) is 11.6 Å². The number of hydrogen-bond donors (Lipinski definition) is 1. The van der Waals surface area contributed by atoms with Crippen LogP contribution in [0.1, 0.15) is 70.0 Å². The lowest BCUT2D eigenvalue weighted by atomic mass is 10.0. The molecule has 19 heavy (non-hydrogen) atoms. The van der Waals surface area contributed by atoms with Gasteiger partial charge in [-0.2, -0.15) is 0 Å². The first kappa shape index (κ1) is 16.1. The molecule has 108 valence electrons. The van der Waals surface area contributed by atoms with Crippen LogP contribution in [0.15, 0.2) is 18.2 Å². The monoisotopic (exact) mass is 270 g/mol. The van der Waals surface area contributed by atoms with Crippen LogP contribution in [0.3, 0.4) is 0 Å². The van der Waals surface area contributed by atoms with Gasteiger partial charge in [0.2, 0.25) is 0 Å². The third kappa shape index (κ3) is 6.15. The highest BCUT2D eigenvalue weighted by atomic mass is 19.1. The van der Waals surface area contributed by atoms with E-state index < -0.39 is 17.7 Å². The molecule has 0 aliphatic rings. The Hall–Kier alpha value is -0.960. The van der Waals surface area contributed by atoms with Crippen LogP contribution in [0.2, 0.25) is 0 Å². The van der Waals surface area contributed by atoms with E-state index >= 15 is 0 Å². The predicted molar refractivity (Wildman–Crippen MR) is 73.9 cm³/mol. The number of hydrogen-bond acceptors (Lipinski definition) is 1. The van der Waals surface area contributed by atoms with E-state index in [9.17, 15) is 13.9 Å². The Morgan fingerprint density at radius 2 is 1.63 bits per heavy atom. The number of rotatable bonds is 9. The van der Waals surface area contributed by atoms with Crippen molar-refractivity contribution >= 4 is 0 Å². The van der Waals surface area contributed by atoms with Crippen molar-refractivity contribution in [3.63, 3.8) is 0 Å². The van der Waals surface area contributed by atoms with Gasteiger partial charge in [-0.05, 0) is 12.5 Å². The zero-order valence-electron chi connectivity index (χ0n) is 11.7. The average molecular weight is 270 g/mol. The highest BCUT2D eigenvalue weighted by molar-refractivity contribution is 5.20. The zero-order chi connectivity index (χ0) is 14.1. The van der Waals surface area contributed by atoms with Crippen molar-refractivity contribution in [3.05, 3.63) is 35.4 Å². The fraction of sp³-hybridized carbons (Fsp3) is 0.625. The normalized spacial score (nSPS) is 12.6. The molecule has 0 heterocycles. The maximum atomic E-state index is 13.4. The molecule has 1 atom stereocenters. The van der Waals surface area contributed by atoms with Crippen LogP contribution in [0.5, 0.6) is 0 Å². The molecule has 0 saturated carbocycles. The number of aliphatic hydroxyl groups is 1. The summed E-state index contributed by atoms with van der Waals surface area (Å²) in [6, 6.07) is 3.34. The number of benzene rings is 1. The molecule has 3 heteroatoms. The molecule has 0 amide bonds. The minimum Gasteiger partial charge on any atom is -0.388 e. The Morgan fingerprint density at radius 1 is 1.00 bits per heavy atom. The molecule has 0 fully saturated rings. The third-order valence-electron chi connectivity index (χ3n) is 3.40. The molecule has 1 N–H and O–H groups in total. The summed E-state index contributed by atoms with van der Waals surface area (Å²) in [7, 11) is 0. The van der Waals surface area contributed by atoms with Crippen LogP contribution in [-0.4, -0.2) is 5.11 Å². The number of unbranched alkanes of at least 4 members (excludes halogenated alkanes) is 6. The summed E-state index contributed by atoms with van der Waals surface area (Å²) in [5.74, 6) is -1.26. The lowest BCUT2D eigenvalue weighted by Gasteiger charge is -2.11. The third-order valence-corrected chi connectivity index (χ3v) is 3.40. The van der Waals surface area contributed by atoms with Crippen LogP contribution < -0.4 is 0 Å². The summed E-state index contributed by atoms with van der Waals surface area (Å²) in [6.45, 7) is 2.19. The topological polar surface area (TPSA) is 20.2 Å². The molecule has 0 spiro atoms. The minimum atomic E-state index is -0.823. The fourth-order valence-corrected chi connectivity index (χ4v) is 2.22. The molecule has 0 aromatic heterocycles. The molecule has 0 saturated heterocycles. The van der Waals surface area contributed by atoms with Gasteiger partial charge in [0.15, 0.2) is 0 Å². The van der Waals surface area contributed by atoms with Crippen LogP contribution in [-0.2, 0) is 0 Å². The zero-order valence-corrected chi connectivity index (χ0v) is 11.7. The smallest absolute Gasteiger partial charge is 0.131 e. The van der Waals surface area contributed by atoms with E-state index in [1.54, 1.807) is 0 Å². The van der Waals surface area contributed by atoms with Crippen LogP contribution >= 0.6 is 0 Å². The van der Waals surface area contributed by atoms with Crippen molar-refractivity contribution in [2.45, 2.75) is 64.4 Å². The standard InChI is InChI=1S/C16H24F2O/c1-2-3-4-5-6-7-8-9-16(19)14-11-10-13(17)12-15(14)18/h10-12,16,19H,2-9H2,1H3. The molecule has 1 aromatic rings. The van der Waals surface area contributed by atoms with E-state index in [1.165, 1.54) is 44.2 Å². The molecule has 0 aliphatic heterocycles. The maximum absolute atomic E-state index is 13.4. The van der Waals surface area contributed by atoms with Gasteiger partial charge in [0.05, 0.1) is 6.10 Å². The number of aliphatic hydroxyl groups excluding tert-OH is 1. The molecule has 1 unspecified atom stereocenters. The van der Waals surface area contributed by atoms with Crippen molar-refractivity contribution in [2.24, 2.45) is 0 Å². The van der Waals surface area contributed by atoms with Crippen molar-refractivity contribution in [3.8, 4) is 0 Å². The van der Waals surface area contributed by atoms with E-state index in [0.29, 0.717) is 6.42 Å². The lowest BCUT2D eigenvalue weighted by molar-refractivity contribution is 0.158. The van der Waals surface area contributed by atoms with Crippen molar-refractivity contribution in [1.29, 1.82) is 0 Å². The van der Waals surface area contributed by atoms with Crippen molar-refractivity contribution in [2.75, 3.05) is 0 Å². The fourth-order valence-electron chi connectivity index (χ4n) is 2.22. The van der Waals surface area contributed by atoms with Gasteiger partial charge in [0.25, 0.3) is 0 Å². The Labute approximate surface area is 114 Å². The highest BCUT2D eigenvalue weighted by Crippen LogP contribution is 2.23. The van der Waals surface area contributed by atoms with Gasteiger partial charge < -0.3 is 5.11 Å². The Kier molecular flexibility index (Phi) is 7.65. The first-order valence-corrected chi connectivity index (χ1v) is 7.28. The van der Waals surface area contributed by atoms with Crippen molar-refractivity contribution < 1.29 is 13.9 Å². The van der Waals surface area contributed by atoms with E-state index in [0.717, 1.165) is 18.9 Å². The van der Waals surface area contributed by atoms with Gasteiger partial charge >= 0.3 is 0 Å². The van der Waals surface area contributed by atoms with Gasteiger partial charge in [-0.3, -0.25) is 0 Å². The molecular formula is C16H24F2O. The lowest BCUT2D eigenvalue weighted by Crippen LogP contribution is -2.01. The summed E-state index contributed by atoms with van der Waals surface area (Å²) in [4.78, 5) is 0. The molecule has 0 radical (unpaired) electrons. The van der Waals surface area contributed by atoms with Crippen LogP contribution in [0.25, 0.3) is 0 Å². The van der Waals surface area contributed by atoms with E-state index in [4.69, 9.17) is 0 Å². The SMILES string of the molecule is CCCCCCCCCC(O)c1ccc(F)cc1F. The molecule has 0 bridgehead atoms. The molecule has 1 nitrogen and oxygen atoms in total. The summed E-state index contributed by atoms with van der Waals surface area (Å²) in [5.41, 5.74) is 0.201. The Bertz CT molecular complexity index is 366. The Morgan fingerprint density at radius 3 is 2.26 bits per heavy atom. The summed E-state index contributed by atoms with van der Waals surface area (Å²) in [5, 5.41) is 9.87. The van der Waals surface area contributed by atoms with Gasteiger partial charge in [-0.25, -0.2) is 8.78 Å². The summed E-state index contributed by atoms with van der Waals surface area (Å²) < 4.78 is 26.2. The molecule has 1 rings (SSSR count). The molecule has 0 aliphatic carbocycles. The minimum absolute atomic E-state index is 0.201. The average Bonchev–Trinajstić information content (AvgIpc) is 2.37. The second kappa shape index (κ2) is 9.03. The quantitative estimate of drug-likeness (QED) is 0.616. The van der Waals surface area contributed by atoms with Gasteiger partial charge in [-0.15, -0.1) is 0 Å². The largest absolute Gasteiger partial charge is 0.388 e. The number of halogens is 2. The van der Waals surface area contributed by atoms with E-state index in [2.05, 4.69) is 6.92 Å². The summed E-state index contributed by atoms with van der Waals surface area (Å²) >= 11 is 0. The van der Waals surface area contributed by atoms with Crippen LogP contribution in [0.4, 0.5) is 8.78 Å². The maximum Gasteiger partial charge on any atom is 0.131 e.